The quantitative estimate of drug-likeness (QED) is 0.817. The fourth-order valence-electron chi connectivity index (χ4n) is 1.46. The lowest BCUT2D eigenvalue weighted by Crippen LogP contribution is -2.38. The van der Waals surface area contributed by atoms with Gasteiger partial charge in [0.2, 0.25) is 0 Å². The van der Waals surface area contributed by atoms with Gasteiger partial charge in [-0.25, -0.2) is 8.78 Å². The fourth-order valence-corrected chi connectivity index (χ4v) is 2.02. The second-order valence-corrected chi connectivity index (χ2v) is 4.52. The summed E-state index contributed by atoms with van der Waals surface area (Å²) in [6.45, 7) is 0.314. The molecule has 1 atom stereocenters. The Morgan fingerprint density at radius 1 is 1.50 bits per heavy atom. The molecule has 1 aromatic rings. The topological polar surface area (TPSA) is 38.3 Å². The maximum Gasteiger partial charge on any atom is 0.254 e. The Labute approximate surface area is 113 Å². The molecule has 0 saturated heterocycles. The van der Waals surface area contributed by atoms with Crippen molar-refractivity contribution in [3.05, 3.63) is 35.4 Å². The van der Waals surface area contributed by atoms with E-state index in [1.807, 2.05) is 0 Å². The van der Waals surface area contributed by atoms with Gasteiger partial charge in [-0.3, -0.25) is 4.79 Å². The smallest absolute Gasteiger partial charge is 0.254 e. The predicted molar refractivity (Wildman–Crippen MR) is 67.9 cm³/mol. The summed E-state index contributed by atoms with van der Waals surface area (Å²) in [6.07, 6.45) is 0.635. The molecule has 0 aliphatic heterocycles. The van der Waals surface area contributed by atoms with Crippen molar-refractivity contribution in [1.29, 1.82) is 0 Å². The number of ether oxygens (including phenoxy) is 1. The van der Waals surface area contributed by atoms with Crippen LogP contribution in [0.4, 0.5) is 8.78 Å². The van der Waals surface area contributed by atoms with Gasteiger partial charge in [-0.2, -0.15) is 0 Å². The number of halogens is 3. The molecule has 3 nitrogen and oxygen atoms in total. The summed E-state index contributed by atoms with van der Waals surface area (Å²) in [6, 6.07) is 2.53. The molecule has 0 aromatic heterocycles. The highest BCUT2D eigenvalue weighted by Gasteiger charge is 2.17. The van der Waals surface area contributed by atoms with Crippen LogP contribution in [0.15, 0.2) is 18.2 Å². The number of alkyl halides is 1. The lowest BCUT2D eigenvalue weighted by molar-refractivity contribution is 0.0891. The Balaban J connectivity index is 2.76. The van der Waals surface area contributed by atoms with Crippen LogP contribution < -0.4 is 5.32 Å². The first-order valence-corrected chi connectivity index (χ1v) is 6.51. The SMILES string of the molecule is COCC(CCBr)NC(=O)c1cc(F)ccc1F. The van der Waals surface area contributed by atoms with Gasteiger partial charge in [0, 0.05) is 12.4 Å². The van der Waals surface area contributed by atoms with Crippen LogP contribution in [0.5, 0.6) is 0 Å². The molecule has 0 fully saturated rings. The van der Waals surface area contributed by atoms with Gasteiger partial charge in [0.25, 0.3) is 5.91 Å². The van der Waals surface area contributed by atoms with Crippen molar-refractivity contribution < 1.29 is 18.3 Å². The van der Waals surface area contributed by atoms with Gasteiger partial charge in [0.05, 0.1) is 18.2 Å². The van der Waals surface area contributed by atoms with Gasteiger partial charge < -0.3 is 10.1 Å². The Kier molecular flexibility index (Phi) is 6.21. The summed E-state index contributed by atoms with van der Waals surface area (Å²) in [7, 11) is 1.51. The first kappa shape index (κ1) is 15.0. The van der Waals surface area contributed by atoms with Crippen molar-refractivity contribution in [2.75, 3.05) is 19.0 Å². The van der Waals surface area contributed by atoms with Crippen LogP contribution in [0.3, 0.4) is 0 Å². The normalized spacial score (nSPS) is 12.2. The van der Waals surface area contributed by atoms with Crippen LogP contribution >= 0.6 is 15.9 Å². The summed E-state index contributed by atoms with van der Waals surface area (Å²) < 4.78 is 31.3. The molecule has 6 heteroatoms. The van der Waals surface area contributed by atoms with E-state index in [9.17, 15) is 13.6 Å². The summed E-state index contributed by atoms with van der Waals surface area (Å²) in [5.41, 5.74) is -0.300. The standard InChI is InChI=1S/C12H14BrF2NO2/c1-18-7-9(4-5-13)16-12(17)10-6-8(14)2-3-11(10)15/h2-3,6,9H,4-5,7H2,1H3,(H,16,17). The third-order valence-electron chi connectivity index (χ3n) is 2.33. The van der Waals surface area contributed by atoms with E-state index in [4.69, 9.17) is 4.74 Å². The van der Waals surface area contributed by atoms with Gasteiger partial charge in [-0.05, 0) is 24.6 Å². The molecule has 1 amide bonds. The molecule has 100 valence electrons. The molecule has 0 aliphatic rings. The third kappa shape index (κ3) is 4.34. The maximum absolute atomic E-state index is 13.4. The maximum atomic E-state index is 13.4. The van der Waals surface area contributed by atoms with Crippen molar-refractivity contribution in [2.24, 2.45) is 0 Å². The van der Waals surface area contributed by atoms with Crippen LogP contribution in [0, 0.1) is 11.6 Å². The molecule has 1 unspecified atom stereocenters. The van der Waals surface area contributed by atoms with E-state index in [2.05, 4.69) is 21.2 Å². The molecular weight excluding hydrogens is 308 g/mol. The highest BCUT2D eigenvalue weighted by Crippen LogP contribution is 2.10. The largest absolute Gasteiger partial charge is 0.383 e. The molecular formula is C12H14BrF2NO2. The van der Waals surface area contributed by atoms with Crippen molar-refractivity contribution in [3.8, 4) is 0 Å². The zero-order valence-corrected chi connectivity index (χ0v) is 11.5. The van der Waals surface area contributed by atoms with Gasteiger partial charge >= 0.3 is 0 Å². The number of carbonyl (C=O) groups excluding carboxylic acids is 1. The van der Waals surface area contributed by atoms with E-state index in [0.717, 1.165) is 18.2 Å². The highest BCUT2D eigenvalue weighted by molar-refractivity contribution is 9.09. The first-order valence-electron chi connectivity index (χ1n) is 5.39. The number of rotatable bonds is 6. The third-order valence-corrected chi connectivity index (χ3v) is 2.79. The fraction of sp³-hybridized carbons (Fsp3) is 0.417. The lowest BCUT2D eigenvalue weighted by atomic mass is 10.1. The van der Waals surface area contributed by atoms with Crippen LogP contribution in [0.2, 0.25) is 0 Å². The summed E-state index contributed by atoms with van der Waals surface area (Å²) in [4.78, 5) is 11.8. The zero-order chi connectivity index (χ0) is 13.5. The Bertz CT molecular complexity index is 409. The number of methoxy groups -OCH3 is 1. The molecule has 0 heterocycles. The van der Waals surface area contributed by atoms with Crippen molar-refractivity contribution in [2.45, 2.75) is 12.5 Å². The number of hydrogen-bond acceptors (Lipinski definition) is 2. The number of carbonyl (C=O) groups is 1. The number of nitrogens with one attached hydrogen (secondary N) is 1. The second kappa shape index (κ2) is 7.43. The predicted octanol–water partition coefficient (Wildman–Crippen LogP) is 2.49. The Morgan fingerprint density at radius 2 is 2.22 bits per heavy atom. The van der Waals surface area contributed by atoms with E-state index < -0.39 is 17.5 Å². The van der Waals surface area contributed by atoms with Crippen molar-refractivity contribution in [3.63, 3.8) is 0 Å². The molecule has 18 heavy (non-hydrogen) atoms. The average Bonchev–Trinajstić information content (AvgIpc) is 2.33. The lowest BCUT2D eigenvalue weighted by Gasteiger charge is -2.17. The minimum absolute atomic E-state index is 0.246. The van der Waals surface area contributed by atoms with Crippen LogP contribution in [-0.2, 0) is 4.74 Å². The second-order valence-electron chi connectivity index (χ2n) is 3.73. The van der Waals surface area contributed by atoms with Crippen LogP contribution in [0.25, 0.3) is 0 Å². The van der Waals surface area contributed by atoms with Gasteiger partial charge in [0.1, 0.15) is 11.6 Å². The molecule has 1 rings (SSSR count). The van der Waals surface area contributed by atoms with Gasteiger partial charge in [0.15, 0.2) is 0 Å². The zero-order valence-electron chi connectivity index (χ0n) is 9.88. The summed E-state index contributed by atoms with van der Waals surface area (Å²) in [5.74, 6) is -2.04. The number of amides is 1. The Hall–Kier alpha value is -1.01. The first-order chi connectivity index (χ1) is 8.58. The van der Waals surface area contributed by atoms with Gasteiger partial charge in [-0.1, -0.05) is 15.9 Å². The molecule has 0 aliphatic carbocycles. The Morgan fingerprint density at radius 3 is 2.83 bits per heavy atom. The highest BCUT2D eigenvalue weighted by atomic mass is 79.9. The number of hydrogen-bond donors (Lipinski definition) is 1. The van der Waals surface area contributed by atoms with Gasteiger partial charge in [-0.15, -0.1) is 0 Å². The van der Waals surface area contributed by atoms with Crippen molar-refractivity contribution in [1.82, 2.24) is 5.32 Å². The van der Waals surface area contributed by atoms with E-state index in [1.165, 1.54) is 7.11 Å². The van der Waals surface area contributed by atoms with Crippen LogP contribution in [0.1, 0.15) is 16.8 Å². The molecule has 0 spiro atoms. The molecule has 0 saturated carbocycles. The summed E-state index contributed by atoms with van der Waals surface area (Å²) in [5, 5.41) is 3.28. The van der Waals surface area contributed by atoms with Crippen LogP contribution in [-0.4, -0.2) is 31.0 Å². The molecule has 1 aromatic carbocycles. The van der Waals surface area contributed by atoms with E-state index in [-0.39, 0.29) is 11.6 Å². The summed E-state index contributed by atoms with van der Waals surface area (Å²) >= 11 is 3.25. The average molecular weight is 322 g/mol. The van der Waals surface area contributed by atoms with E-state index >= 15 is 0 Å². The molecule has 0 bridgehead atoms. The van der Waals surface area contributed by atoms with Crippen molar-refractivity contribution >= 4 is 21.8 Å². The minimum atomic E-state index is -0.746. The monoisotopic (exact) mass is 321 g/mol. The van der Waals surface area contributed by atoms with E-state index in [1.54, 1.807) is 0 Å². The number of benzene rings is 1. The van der Waals surface area contributed by atoms with E-state index in [0.29, 0.717) is 18.4 Å². The minimum Gasteiger partial charge on any atom is -0.383 e. The molecule has 1 N–H and O–H groups in total. The molecule has 0 radical (unpaired) electrons.